The Morgan fingerprint density at radius 1 is 0.561 bits per heavy atom. The number of benzene rings is 5. The number of allylic oxidation sites excluding steroid dienone is 2. The molecule has 0 saturated carbocycles. The van der Waals surface area contributed by atoms with Gasteiger partial charge in [-0.3, -0.25) is 9.59 Å². The number of nitrogens with zero attached hydrogens (tertiary/aromatic N) is 1. The smallest absolute Gasteiger partial charge is 0.197 e. The van der Waals surface area contributed by atoms with E-state index in [9.17, 15) is 9.59 Å². The lowest BCUT2D eigenvalue weighted by Gasteiger charge is -2.26. The SMILES string of the molecule is O=C1C(=CC2=CC3SC(N(c4ccccc4)c4ccc5ccccc5c4)=CC3S2)C(=O)c2cc3ccccc3cc21. The number of anilines is 2. The van der Waals surface area contributed by atoms with Crippen LogP contribution in [0.25, 0.3) is 21.5 Å². The molecule has 5 aromatic carbocycles. The first-order valence-electron chi connectivity index (χ1n) is 13.6. The first-order chi connectivity index (χ1) is 20.1. The number of carbonyl (C=O) groups excluding carboxylic acids is 2. The van der Waals surface area contributed by atoms with Gasteiger partial charge in [-0.25, -0.2) is 0 Å². The molecule has 2 atom stereocenters. The van der Waals surface area contributed by atoms with E-state index >= 15 is 0 Å². The molecule has 3 aliphatic rings. The van der Waals surface area contributed by atoms with Crippen LogP contribution in [0.2, 0.25) is 0 Å². The number of rotatable bonds is 4. The Bertz CT molecular complexity index is 1950. The monoisotopic (exact) mass is 565 g/mol. The molecule has 41 heavy (non-hydrogen) atoms. The van der Waals surface area contributed by atoms with Crippen LogP contribution in [0.15, 0.2) is 143 Å². The number of fused-ring (bicyclic) bond motifs is 4. The Morgan fingerprint density at radius 3 is 1.80 bits per heavy atom. The average molecular weight is 566 g/mol. The third kappa shape index (κ3) is 4.16. The molecule has 2 aliphatic heterocycles. The summed E-state index contributed by atoms with van der Waals surface area (Å²) in [5, 5.41) is 6.01. The third-order valence-corrected chi connectivity index (χ3v) is 10.5. The molecule has 0 N–H and O–H groups in total. The molecule has 8 rings (SSSR count). The highest BCUT2D eigenvalue weighted by molar-refractivity contribution is 8.09. The van der Waals surface area contributed by atoms with E-state index in [1.165, 1.54) is 15.8 Å². The van der Waals surface area contributed by atoms with Gasteiger partial charge < -0.3 is 4.90 Å². The Balaban J connectivity index is 1.09. The minimum atomic E-state index is -0.176. The summed E-state index contributed by atoms with van der Waals surface area (Å²) >= 11 is 3.55. The normalized spacial score (nSPS) is 19.4. The zero-order valence-corrected chi connectivity index (χ0v) is 23.5. The van der Waals surface area contributed by atoms with Gasteiger partial charge >= 0.3 is 0 Å². The van der Waals surface area contributed by atoms with Gasteiger partial charge in [-0.1, -0.05) is 90.6 Å². The maximum absolute atomic E-state index is 13.3. The van der Waals surface area contributed by atoms with Crippen molar-refractivity contribution in [1.29, 1.82) is 0 Å². The zero-order chi connectivity index (χ0) is 27.5. The van der Waals surface area contributed by atoms with E-state index in [1.54, 1.807) is 11.8 Å². The number of hydrogen-bond donors (Lipinski definition) is 0. The van der Waals surface area contributed by atoms with Crippen LogP contribution in [0, 0.1) is 0 Å². The molecule has 2 heterocycles. The molecule has 0 radical (unpaired) electrons. The van der Waals surface area contributed by atoms with Crippen LogP contribution in [0.5, 0.6) is 0 Å². The van der Waals surface area contributed by atoms with Crippen molar-refractivity contribution in [3.8, 4) is 0 Å². The van der Waals surface area contributed by atoms with Gasteiger partial charge in [0.05, 0.1) is 10.6 Å². The molecule has 1 aliphatic carbocycles. The number of para-hydroxylation sites is 1. The molecule has 5 heteroatoms. The first-order valence-corrected chi connectivity index (χ1v) is 15.3. The number of hydrogen-bond acceptors (Lipinski definition) is 5. The van der Waals surface area contributed by atoms with Gasteiger partial charge in [0.15, 0.2) is 11.6 Å². The number of Topliss-reactive ketones (excluding diaryl/α,β-unsaturated/α-hetero) is 2. The molecular weight excluding hydrogens is 543 g/mol. The number of carbonyl (C=O) groups is 2. The quantitative estimate of drug-likeness (QED) is 0.160. The summed E-state index contributed by atoms with van der Waals surface area (Å²) < 4.78 is 0. The molecule has 3 nitrogen and oxygen atoms in total. The summed E-state index contributed by atoms with van der Waals surface area (Å²) in [6.45, 7) is 0. The van der Waals surface area contributed by atoms with Crippen molar-refractivity contribution in [2.45, 2.75) is 10.5 Å². The highest BCUT2D eigenvalue weighted by Gasteiger charge is 2.38. The van der Waals surface area contributed by atoms with E-state index in [0.29, 0.717) is 11.1 Å². The predicted octanol–water partition coefficient (Wildman–Crippen LogP) is 9.09. The summed E-state index contributed by atoms with van der Waals surface area (Å²) in [7, 11) is 0. The second kappa shape index (κ2) is 9.65. The minimum absolute atomic E-state index is 0.176. The maximum atomic E-state index is 13.3. The summed E-state index contributed by atoms with van der Waals surface area (Å²) in [5.74, 6) is -0.352. The van der Waals surface area contributed by atoms with Crippen molar-refractivity contribution in [2.24, 2.45) is 0 Å². The summed E-state index contributed by atoms with van der Waals surface area (Å²) in [5.41, 5.74) is 3.52. The van der Waals surface area contributed by atoms with Crippen LogP contribution in [0.3, 0.4) is 0 Å². The van der Waals surface area contributed by atoms with Crippen molar-refractivity contribution in [3.05, 3.63) is 154 Å². The topological polar surface area (TPSA) is 37.4 Å². The van der Waals surface area contributed by atoms with Gasteiger partial charge in [0.1, 0.15) is 0 Å². The zero-order valence-electron chi connectivity index (χ0n) is 21.9. The van der Waals surface area contributed by atoms with Gasteiger partial charge in [0, 0.05) is 37.9 Å². The Kier molecular flexibility index (Phi) is 5.76. The highest BCUT2D eigenvalue weighted by atomic mass is 32.2. The van der Waals surface area contributed by atoms with Crippen molar-refractivity contribution in [3.63, 3.8) is 0 Å². The number of ketones is 2. The molecule has 2 unspecified atom stereocenters. The van der Waals surface area contributed by atoms with Crippen LogP contribution in [0.1, 0.15) is 20.7 Å². The predicted molar refractivity (Wildman–Crippen MR) is 172 cm³/mol. The molecule has 0 bridgehead atoms. The van der Waals surface area contributed by atoms with Gasteiger partial charge in [0.2, 0.25) is 0 Å². The molecule has 196 valence electrons. The van der Waals surface area contributed by atoms with E-state index in [-0.39, 0.29) is 27.6 Å². The van der Waals surface area contributed by atoms with Crippen molar-refractivity contribution < 1.29 is 9.59 Å². The molecule has 5 aromatic rings. The van der Waals surface area contributed by atoms with Gasteiger partial charge in [-0.2, -0.15) is 0 Å². The van der Waals surface area contributed by atoms with Crippen LogP contribution in [0.4, 0.5) is 11.4 Å². The average Bonchev–Trinajstić information content (AvgIpc) is 3.64. The van der Waals surface area contributed by atoms with Crippen molar-refractivity contribution in [2.75, 3.05) is 4.90 Å². The van der Waals surface area contributed by atoms with Crippen LogP contribution >= 0.6 is 23.5 Å². The molecule has 0 aromatic heterocycles. The Hall–Kier alpha value is -4.32. The highest BCUT2D eigenvalue weighted by Crippen LogP contribution is 2.51. The second-order valence-electron chi connectivity index (χ2n) is 10.4. The van der Waals surface area contributed by atoms with Crippen LogP contribution < -0.4 is 4.90 Å². The van der Waals surface area contributed by atoms with Gasteiger partial charge in [0.25, 0.3) is 0 Å². The summed E-state index contributed by atoms with van der Waals surface area (Å²) in [4.78, 5) is 29.9. The fourth-order valence-corrected chi connectivity index (χ4v) is 8.75. The minimum Gasteiger partial charge on any atom is -0.305 e. The van der Waals surface area contributed by atoms with Crippen LogP contribution in [-0.4, -0.2) is 22.1 Å². The van der Waals surface area contributed by atoms with E-state index in [4.69, 9.17) is 0 Å². The van der Waals surface area contributed by atoms with E-state index in [2.05, 4.69) is 83.8 Å². The fraction of sp³-hybridized carbons (Fsp3) is 0.0556. The molecule has 0 amide bonds. The molecule has 0 spiro atoms. The van der Waals surface area contributed by atoms with Gasteiger partial charge in [-0.15, -0.1) is 11.8 Å². The number of thioether (sulfide) groups is 2. The fourth-order valence-electron chi connectivity index (χ4n) is 5.86. The Labute approximate surface area is 246 Å². The summed E-state index contributed by atoms with van der Waals surface area (Å²) in [6.07, 6.45) is 6.34. The molecular formula is C36H23NO2S2. The lowest BCUT2D eigenvalue weighted by Crippen LogP contribution is -2.13. The van der Waals surface area contributed by atoms with Crippen molar-refractivity contribution in [1.82, 2.24) is 0 Å². The lowest BCUT2D eigenvalue weighted by atomic mass is 10.0. The largest absolute Gasteiger partial charge is 0.305 e. The van der Waals surface area contributed by atoms with Gasteiger partial charge in [-0.05, 0) is 70.1 Å². The third-order valence-electron chi connectivity index (χ3n) is 7.87. The lowest BCUT2D eigenvalue weighted by molar-refractivity contribution is 0.0988. The standard InChI is InChI=1S/C36H23NO2S2/c38-35-29-17-24-10-6-7-11-25(24)18-30(29)36(39)31(35)19-28-20-32-33(40-28)21-34(41-32)37(26-12-2-1-3-13-26)27-15-14-22-8-4-5-9-23(22)16-27/h1-21,32-33H. The van der Waals surface area contributed by atoms with E-state index in [1.807, 2.05) is 60.3 Å². The summed E-state index contributed by atoms with van der Waals surface area (Å²) in [6, 6.07) is 37.0. The Morgan fingerprint density at radius 2 is 1.15 bits per heavy atom. The van der Waals surface area contributed by atoms with E-state index in [0.717, 1.165) is 27.1 Å². The van der Waals surface area contributed by atoms with Crippen LogP contribution in [-0.2, 0) is 0 Å². The molecule has 0 fully saturated rings. The maximum Gasteiger partial charge on any atom is 0.197 e. The first kappa shape index (κ1) is 24.5. The second-order valence-corrected chi connectivity index (χ2v) is 12.9. The van der Waals surface area contributed by atoms with E-state index < -0.39 is 0 Å². The van der Waals surface area contributed by atoms with Crippen molar-refractivity contribution >= 4 is 68.0 Å². The molecule has 0 saturated heterocycles.